The van der Waals surface area contributed by atoms with Gasteiger partial charge in [0, 0.05) is 22.3 Å². The van der Waals surface area contributed by atoms with Gasteiger partial charge in [-0.2, -0.15) is 0 Å². The Morgan fingerprint density at radius 2 is 1.39 bits per heavy atom. The number of ketones is 2. The third-order valence-electron chi connectivity index (χ3n) is 4.04. The molecular weight excluding hydrogens is 296 g/mol. The van der Waals surface area contributed by atoms with E-state index in [4.69, 9.17) is 4.74 Å². The summed E-state index contributed by atoms with van der Waals surface area (Å²) in [6, 6.07) is 5.52. The summed E-state index contributed by atoms with van der Waals surface area (Å²) in [5, 5.41) is 19.9. The van der Waals surface area contributed by atoms with Gasteiger partial charge in [-0.05, 0) is 36.2 Å². The van der Waals surface area contributed by atoms with E-state index in [2.05, 4.69) is 0 Å². The molecule has 1 aliphatic carbocycles. The van der Waals surface area contributed by atoms with E-state index in [0.717, 1.165) is 6.42 Å². The molecule has 0 saturated carbocycles. The number of ether oxygens (including phenoxy) is 1. The lowest BCUT2D eigenvalue weighted by Crippen LogP contribution is -2.21. The van der Waals surface area contributed by atoms with Crippen molar-refractivity contribution in [1.82, 2.24) is 0 Å². The topological polar surface area (TPSA) is 83.8 Å². The number of phenols is 2. The molecule has 0 heterocycles. The monoisotopic (exact) mass is 312 g/mol. The quantitative estimate of drug-likeness (QED) is 0.777. The van der Waals surface area contributed by atoms with E-state index in [1.165, 1.54) is 25.3 Å². The van der Waals surface area contributed by atoms with Crippen molar-refractivity contribution in [3.63, 3.8) is 0 Å². The second-order valence-corrected chi connectivity index (χ2v) is 5.50. The predicted molar refractivity (Wildman–Crippen MR) is 83.6 cm³/mol. The van der Waals surface area contributed by atoms with Crippen LogP contribution in [0.25, 0.3) is 0 Å². The van der Waals surface area contributed by atoms with Crippen molar-refractivity contribution < 1.29 is 24.5 Å². The lowest BCUT2D eigenvalue weighted by atomic mass is 9.82. The summed E-state index contributed by atoms with van der Waals surface area (Å²) in [6.07, 6.45) is 1.42. The maximum absolute atomic E-state index is 12.7. The Balaban J connectivity index is 2.22. The van der Waals surface area contributed by atoms with Crippen LogP contribution in [0.5, 0.6) is 17.2 Å². The summed E-state index contributed by atoms with van der Waals surface area (Å²) in [4.78, 5) is 25.3. The van der Waals surface area contributed by atoms with Crippen LogP contribution in [0.3, 0.4) is 0 Å². The number of carbonyl (C=O) groups is 2. The standard InChI is InChI=1S/C18H16O5/c1-3-4-9-5-10-11(6-14(9)19)18(22)13-8-16(23-2)15(20)7-12(13)17(10)21/h5-8,19-20H,3-4H2,1-2H3. The van der Waals surface area contributed by atoms with E-state index in [9.17, 15) is 19.8 Å². The molecule has 2 aromatic rings. The van der Waals surface area contributed by atoms with Gasteiger partial charge in [-0.1, -0.05) is 13.3 Å². The molecule has 0 saturated heterocycles. The van der Waals surface area contributed by atoms with Crippen molar-refractivity contribution in [2.75, 3.05) is 7.11 Å². The lowest BCUT2D eigenvalue weighted by Gasteiger charge is -2.20. The smallest absolute Gasteiger partial charge is 0.194 e. The first kappa shape index (κ1) is 15.1. The molecule has 0 atom stereocenters. The molecule has 0 spiro atoms. The Kier molecular flexibility index (Phi) is 3.56. The fourth-order valence-electron chi connectivity index (χ4n) is 2.88. The number of fused-ring (bicyclic) bond motifs is 2. The highest BCUT2D eigenvalue weighted by molar-refractivity contribution is 6.28. The van der Waals surface area contributed by atoms with Gasteiger partial charge in [0.05, 0.1) is 7.11 Å². The fraction of sp³-hybridized carbons (Fsp3) is 0.222. The lowest BCUT2D eigenvalue weighted by molar-refractivity contribution is 0.0978. The Morgan fingerprint density at radius 1 is 0.870 bits per heavy atom. The van der Waals surface area contributed by atoms with E-state index < -0.39 is 0 Å². The summed E-state index contributed by atoms with van der Waals surface area (Å²) in [6.45, 7) is 1.96. The van der Waals surface area contributed by atoms with Crippen molar-refractivity contribution in [2.24, 2.45) is 0 Å². The first-order chi connectivity index (χ1) is 11.0. The van der Waals surface area contributed by atoms with Crippen LogP contribution in [0.4, 0.5) is 0 Å². The number of hydrogen-bond acceptors (Lipinski definition) is 5. The summed E-state index contributed by atoms with van der Waals surface area (Å²) >= 11 is 0. The molecule has 5 heteroatoms. The molecule has 0 unspecified atom stereocenters. The summed E-state index contributed by atoms with van der Waals surface area (Å²) in [5.41, 5.74) is 1.38. The van der Waals surface area contributed by atoms with Crippen LogP contribution in [0.2, 0.25) is 0 Å². The van der Waals surface area contributed by atoms with E-state index in [1.807, 2.05) is 6.92 Å². The predicted octanol–water partition coefficient (Wildman–Crippen LogP) is 2.83. The zero-order chi connectivity index (χ0) is 16.7. The number of carbonyl (C=O) groups excluding carboxylic acids is 2. The molecule has 0 aliphatic heterocycles. The van der Waals surface area contributed by atoms with Gasteiger partial charge < -0.3 is 14.9 Å². The van der Waals surface area contributed by atoms with Crippen LogP contribution in [-0.4, -0.2) is 28.9 Å². The Hall–Kier alpha value is -2.82. The molecule has 3 rings (SSSR count). The van der Waals surface area contributed by atoms with Gasteiger partial charge in [-0.25, -0.2) is 0 Å². The molecule has 0 aromatic heterocycles. The van der Waals surface area contributed by atoms with E-state index in [-0.39, 0.29) is 51.1 Å². The number of aromatic hydroxyl groups is 2. The van der Waals surface area contributed by atoms with Crippen molar-refractivity contribution in [3.05, 3.63) is 52.1 Å². The SMILES string of the molecule is CCCc1cc2c(cc1O)C(=O)c1cc(OC)c(O)cc1C2=O. The highest BCUT2D eigenvalue weighted by atomic mass is 16.5. The van der Waals surface area contributed by atoms with Crippen molar-refractivity contribution in [3.8, 4) is 17.2 Å². The highest BCUT2D eigenvalue weighted by Crippen LogP contribution is 2.37. The van der Waals surface area contributed by atoms with E-state index >= 15 is 0 Å². The average molecular weight is 312 g/mol. The van der Waals surface area contributed by atoms with Crippen LogP contribution < -0.4 is 4.74 Å². The minimum Gasteiger partial charge on any atom is -0.508 e. The van der Waals surface area contributed by atoms with E-state index in [1.54, 1.807) is 6.07 Å². The van der Waals surface area contributed by atoms with Crippen LogP contribution in [0, 0.1) is 0 Å². The highest BCUT2D eigenvalue weighted by Gasteiger charge is 2.32. The first-order valence-corrected chi connectivity index (χ1v) is 7.34. The van der Waals surface area contributed by atoms with Crippen molar-refractivity contribution in [1.29, 1.82) is 0 Å². The molecule has 2 aromatic carbocycles. The normalized spacial score (nSPS) is 12.8. The van der Waals surface area contributed by atoms with E-state index in [0.29, 0.717) is 12.0 Å². The molecule has 0 bridgehead atoms. The third kappa shape index (κ3) is 2.25. The first-order valence-electron chi connectivity index (χ1n) is 7.34. The Bertz CT molecular complexity index is 836. The number of rotatable bonds is 3. The summed E-state index contributed by atoms with van der Waals surface area (Å²) in [7, 11) is 1.37. The fourth-order valence-corrected chi connectivity index (χ4v) is 2.88. The molecular formula is C18H16O5. The number of hydrogen-bond donors (Lipinski definition) is 2. The molecule has 5 nitrogen and oxygen atoms in total. The van der Waals surface area contributed by atoms with Crippen LogP contribution in [0.15, 0.2) is 24.3 Å². The maximum Gasteiger partial charge on any atom is 0.194 e. The largest absolute Gasteiger partial charge is 0.508 e. The Labute approximate surface area is 133 Å². The zero-order valence-electron chi connectivity index (χ0n) is 12.8. The minimum atomic E-state index is -0.369. The minimum absolute atomic E-state index is 0.0148. The number of phenolic OH excluding ortho intramolecular Hbond substituents is 2. The molecule has 0 fully saturated rings. The van der Waals surface area contributed by atoms with Crippen molar-refractivity contribution >= 4 is 11.6 Å². The van der Waals surface area contributed by atoms with Crippen molar-refractivity contribution in [2.45, 2.75) is 19.8 Å². The van der Waals surface area contributed by atoms with Gasteiger partial charge in [0.2, 0.25) is 0 Å². The van der Waals surface area contributed by atoms with Crippen LogP contribution in [0.1, 0.15) is 50.8 Å². The molecule has 2 N–H and O–H groups in total. The van der Waals surface area contributed by atoms with Gasteiger partial charge in [0.1, 0.15) is 5.75 Å². The molecule has 0 radical (unpaired) electrons. The Morgan fingerprint density at radius 3 is 1.96 bits per heavy atom. The third-order valence-corrected chi connectivity index (χ3v) is 4.04. The summed E-state index contributed by atoms with van der Waals surface area (Å²) in [5.74, 6) is -0.763. The molecule has 23 heavy (non-hydrogen) atoms. The van der Waals surface area contributed by atoms with Crippen LogP contribution >= 0.6 is 0 Å². The van der Waals surface area contributed by atoms with Gasteiger partial charge >= 0.3 is 0 Å². The second-order valence-electron chi connectivity index (χ2n) is 5.50. The zero-order valence-corrected chi connectivity index (χ0v) is 12.8. The van der Waals surface area contributed by atoms with Gasteiger partial charge in [-0.15, -0.1) is 0 Å². The second kappa shape index (κ2) is 5.43. The molecule has 1 aliphatic rings. The van der Waals surface area contributed by atoms with Gasteiger partial charge in [0.25, 0.3) is 0 Å². The molecule has 0 amide bonds. The van der Waals surface area contributed by atoms with Gasteiger partial charge in [0.15, 0.2) is 23.1 Å². The number of methoxy groups -OCH3 is 1. The number of benzene rings is 2. The molecule has 118 valence electrons. The summed E-state index contributed by atoms with van der Waals surface area (Å²) < 4.78 is 4.99. The average Bonchev–Trinajstić information content (AvgIpc) is 2.54. The van der Waals surface area contributed by atoms with Crippen LogP contribution in [-0.2, 0) is 6.42 Å². The number of aryl methyl sites for hydroxylation is 1. The van der Waals surface area contributed by atoms with Gasteiger partial charge in [-0.3, -0.25) is 9.59 Å². The maximum atomic E-state index is 12.7.